The number of carbonyl (C=O) groups is 1. The SMILES string of the molecule is N#CC=C(C(=O)c1ccccc1F)c1ccccc1. The lowest BCUT2D eigenvalue weighted by atomic mass is 9.96. The van der Waals surface area contributed by atoms with E-state index in [1.807, 2.05) is 6.07 Å². The summed E-state index contributed by atoms with van der Waals surface area (Å²) in [5.41, 5.74) is 0.748. The van der Waals surface area contributed by atoms with Crippen LogP contribution < -0.4 is 0 Å². The number of allylic oxidation sites excluding steroid dienone is 2. The highest BCUT2D eigenvalue weighted by atomic mass is 19.1. The molecule has 0 atom stereocenters. The Morgan fingerprint density at radius 1 is 1.05 bits per heavy atom. The highest BCUT2D eigenvalue weighted by Crippen LogP contribution is 2.21. The van der Waals surface area contributed by atoms with Gasteiger partial charge in [-0.25, -0.2) is 4.39 Å². The van der Waals surface area contributed by atoms with Gasteiger partial charge in [-0.15, -0.1) is 0 Å². The Morgan fingerprint density at radius 2 is 1.68 bits per heavy atom. The van der Waals surface area contributed by atoms with Gasteiger partial charge in [0.05, 0.1) is 11.6 Å². The van der Waals surface area contributed by atoms with E-state index < -0.39 is 11.6 Å². The highest BCUT2D eigenvalue weighted by Gasteiger charge is 2.17. The van der Waals surface area contributed by atoms with Gasteiger partial charge in [0.1, 0.15) is 5.82 Å². The molecule has 0 aliphatic rings. The third kappa shape index (κ3) is 2.75. The zero-order chi connectivity index (χ0) is 13.7. The van der Waals surface area contributed by atoms with E-state index in [1.54, 1.807) is 36.4 Å². The van der Waals surface area contributed by atoms with Gasteiger partial charge in [0, 0.05) is 11.6 Å². The molecule has 19 heavy (non-hydrogen) atoms. The molecule has 0 saturated heterocycles. The predicted molar refractivity (Wildman–Crippen MR) is 70.8 cm³/mol. The van der Waals surface area contributed by atoms with Crippen molar-refractivity contribution in [3.05, 3.63) is 77.6 Å². The van der Waals surface area contributed by atoms with E-state index in [4.69, 9.17) is 5.26 Å². The van der Waals surface area contributed by atoms with Crippen LogP contribution in [0.3, 0.4) is 0 Å². The molecule has 2 aromatic carbocycles. The Kier molecular flexibility index (Phi) is 3.84. The van der Waals surface area contributed by atoms with Crippen LogP contribution in [0.4, 0.5) is 4.39 Å². The summed E-state index contributed by atoms with van der Waals surface area (Å²) < 4.78 is 13.6. The highest BCUT2D eigenvalue weighted by molar-refractivity contribution is 6.29. The van der Waals surface area contributed by atoms with Crippen molar-refractivity contribution in [3.8, 4) is 6.07 Å². The van der Waals surface area contributed by atoms with E-state index in [0.717, 1.165) is 6.08 Å². The van der Waals surface area contributed by atoms with Crippen LogP contribution in [0.2, 0.25) is 0 Å². The molecule has 0 bridgehead atoms. The van der Waals surface area contributed by atoms with E-state index in [9.17, 15) is 9.18 Å². The van der Waals surface area contributed by atoms with Gasteiger partial charge in [0.25, 0.3) is 0 Å². The lowest BCUT2D eigenvalue weighted by molar-refractivity contribution is 0.105. The number of halogens is 1. The fraction of sp³-hybridized carbons (Fsp3) is 0. The summed E-state index contributed by atoms with van der Waals surface area (Å²) in [7, 11) is 0. The first-order valence-corrected chi connectivity index (χ1v) is 5.68. The van der Waals surface area contributed by atoms with E-state index in [-0.39, 0.29) is 11.1 Å². The van der Waals surface area contributed by atoms with Crippen molar-refractivity contribution in [3.63, 3.8) is 0 Å². The molecule has 0 radical (unpaired) electrons. The maximum absolute atomic E-state index is 13.6. The summed E-state index contributed by atoms with van der Waals surface area (Å²) in [5, 5.41) is 8.79. The van der Waals surface area contributed by atoms with E-state index in [2.05, 4.69) is 0 Å². The van der Waals surface area contributed by atoms with Crippen LogP contribution in [-0.4, -0.2) is 5.78 Å². The third-order valence-corrected chi connectivity index (χ3v) is 2.66. The quantitative estimate of drug-likeness (QED) is 0.475. The maximum Gasteiger partial charge on any atom is 0.197 e. The number of ketones is 1. The molecule has 0 aromatic heterocycles. The van der Waals surface area contributed by atoms with Crippen LogP contribution in [0, 0.1) is 17.1 Å². The number of rotatable bonds is 3. The van der Waals surface area contributed by atoms with Crippen molar-refractivity contribution in [1.29, 1.82) is 5.26 Å². The number of hydrogen-bond donors (Lipinski definition) is 0. The molecule has 2 rings (SSSR count). The van der Waals surface area contributed by atoms with Gasteiger partial charge < -0.3 is 0 Å². The molecule has 0 fully saturated rings. The minimum Gasteiger partial charge on any atom is -0.288 e. The minimum absolute atomic E-state index is 0.0344. The topological polar surface area (TPSA) is 40.9 Å². The fourth-order valence-corrected chi connectivity index (χ4v) is 1.75. The molecule has 0 aliphatic carbocycles. The summed E-state index contributed by atoms with van der Waals surface area (Å²) in [6.07, 6.45) is 1.14. The summed E-state index contributed by atoms with van der Waals surface area (Å²) >= 11 is 0. The fourth-order valence-electron chi connectivity index (χ4n) is 1.75. The molecule has 0 N–H and O–H groups in total. The van der Waals surface area contributed by atoms with E-state index in [1.165, 1.54) is 18.2 Å². The first-order chi connectivity index (χ1) is 9.24. The van der Waals surface area contributed by atoms with Gasteiger partial charge in [-0.05, 0) is 17.7 Å². The van der Waals surface area contributed by atoms with Gasteiger partial charge in [0.15, 0.2) is 5.78 Å². The largest absolute Gasteiger partial charge is 0.288 e. The number of benzene rings is 2. The number of hydrogen-bond acceptors (Lipinski definition) is 2. The Hall–Kier alpha value is -2.73. The Bertz CT molecular complexity index is 669. The predicted octanol–water partition coefficient (Wildman–Crippen LogP) is 3.62. The average molecular weight is 251 g/mol. The monoisotopic (exact) mass is 251 g/mol. The number of Topliss-reactive ketones (excluding diaryl/α,β-unsaturated/α-hetero) is 1. The van der Waals surface area contributed by atoms with Crippen molar-refractivity contribution in [2.24, 2.45) is 0 Å². The second-order valence-electron chi connectivity index (χ2n) is 3.86. The molecule has 0 amide bonds. The van der Waals surface area contributed by atoms with E-state index >= 15 is 0 Å². The van der Waals surface area contributed by atoms with Gasteiger partial charge in [-0.2, -0.15) is 5.26 Å². The molecule has 2 aromatic rings. The van der Waals surface area contributed by atoms with Crippen LogP contribution in [-0.2, 0) is 0 Å². The second kappa shape index (κ2) is 5.74. The maximum atomic E-state index is 13.6. The van der Waals surface area contributed by atoms with Gasteiger partial charge in [-0.1, -0.05) is 42.5 Å². The molecule has 3 heteroatoms. The van der Waals surface area contributed by atoms with Gasteiger partial charge >= 0.3 is 0 Å². The van der Waals surface area contributed by atoms with Gasteiger partial charge in [-0.3, -0.25) is 4.79 Å². The normalized spacial score (nSPS) is 10.8. The molecular formula is C16H10FNO. The second-order valence-corrected chi connectivity index (χ2v) is 3.86. The molecule has 0 unspecified atom stereocenters. The molecule has 0 aliphatic heterocycles. The van der Waals surface area contributed by atoms with E-state index in [0.29, 0.717) is 5.56 Å². The van der Waals surface area contributed by atoms with Crippen molar-refractivity contribution < 1.29 is 9.18 Å². The minimum atomic E-state index is -0.590. The molecular weight excluding hydrogens is 241 g/mol. The lowest BCUT2D eigenvalue weighted by Crippen LogP contribution is -2.05. The van der Waals surface area contributed by atoms with Crippen molar-refractivity contribution in [2.45, 2.75) is 0 Å². The molecule has 0 spiro atoms. The van der Waals surface area contributed by atoms with Crippen LogP contribution in [0.25, 0.3) is 5.57 Å². The zero-order valence-corrected chi connectivity index (χ0v) is 10.0. The molecule has 0 heterocycles. The standard InChI is InChI=1S/C16H10FNO/c17-15-9-5-4-8-14(15)16(19)13(10-11-18)12-6-2-1-3-7-12/h1-10H. The summed E-state index contributed by atoms with van der Waals surface area (Å²) in [6, 6.07) is 16.3. The smallest absolute Gasteiger partial charge is 0.197 e. The number of nitriles is 1. The Labute approximate surface area is 110 Å². The Morgan fingerprint density at radius 3 is 2.32 bits per heavy atom. The van der Waals surface area contributed by atoms with Crippen LogP contribution in [0.5, 0.6) is 0 Å². The summed E-state index contributed by atoms with van der Waals surface area (Å²) in [4.78, 5) is 12.3. The van der Waals surface area contributed by atoms with Crippen LogP contribution in [0.1, 0.15) is 15.9 Å². The number of nitrogens with zero attached hydrogens (tertiary/aromatic N) is 1. The van der Waals surface area contributed by atoms with Crippen molar-refractivity contribution in [1.82, 2.24) is 0 Å². The van der Waals surface area contributed by atoms with Gasteiger partial charge in [0.2, 0.25) is 0 Å². The summed E-state index contributed by atoms with van der Waals surface area (Å²) in [6.45, 7) is 0. The van der Waals surface area contributed by atoms with Crippen LogP contribution >= 0.6 is 0 Å². The first kappa shape index (κ1) is 12.7. The molecule has 2 nitrogen and oxygen atoms in total. The molecule has 0 saturated carbocycles. The molecule has 92 valence electrons. The van der Waals surface area contributed by atoms with Crippen molar-refractivity contribution in [2.75, 3.05) is 0 Å². The Balaban J connectivity index is 2.49. The first-order valence-electron chi connectivity index (χ1n) is 5.68. The summed E-state index contributed by atoms with van der Waals surface area (Å²) in [5.74, 6) is -1.09. The lowest BCUT2D eigenvalue weighted by Gasteiger charge is -2.06. The third-order valence-electron chi connectivity index (χ3n) is 2.66. The number of carbonyl (C=O) groups excluding carboxylic acids is 1. The zero-order valence-electron chi connectivity index (χ0n) is 10.0. The van der Waals surface area contributed by atoms with Crippen molar-refractivity contribution >= 4 is 11.4 Å². The van der Waals surface area contributed by atoms with Crippen LogP contribution in [0.15, 0.2) is 60.7 Å². The average Bonchev–Trinajstić information content (AvgIpc) is 2.45.